The van der Waals surface area contributed by atoms with Gasteiger partial charge in [0.2, 0.25) is 0 Å². The number of benzene rings is 1. The topological polar surface area (TPSA) is 80.2 Å². The smallest absolute Gasteiger partial charge is 0.293 e. The molecule has 2 aromatic heterocycles. The molecular weight excluding hydrogens is 374 g/mol. The fourth-order valence-electron chi connectivity index (χ4n) is 3.19. The van der Waals surface area contributed by atoms with Crippen LogP contribution in [0.2, 0.25) is 0 Å². The maximum Gasteiger partial charge on any atom is 0.293 e. The van der Waals surface area contributed by atoms with E-state index in [1.54, 1.807) is 36.8 Å². The van der Waals surface area contributed by atoms with Gasteiger partial charge in [-0.1, -0.05) is 5.92 Å². The largest absolute Gasteiger partial charge is 0.343 e. The minimum absolute atomic E-state index is 0.0338. The molecular formula is C21H19N3O3S. The molecule has 0 spiro atoms. The van der Waals surface area contributed by atoms with Crippen LogP contribution in [0.1, 0.15) is 32.1 Å². The summed E-state index contributed by atoms with van der Waals surface area (Å²) in [7, 11) is 1.69. The second-order valence-corrected chi connectivity index (χ2v) is 7.28. The summed E-state index contributed by atoms with van der Waals surface area (Å²) in [5.41, 5.74) is 2.20. The molecule has 0 saturated heterocycles. The summed E-state index contributed by atoms with van der Waals surface area (Å²) in [5, 5.41) is 8.27. The third-order valence-electron chi connectivity index (χ3n) is 4.64. The number of fused-ring (bicyclic) bond motifs is 1. The van der Waals surface area contributed by atoms with Crippen LogP contribution < -0.4 is 10.6 Å². The number of rotatable bonds is 5. The average Bonchev–Trinajstić information content (AvgIpc) is 3.21. The van der Waals surface area contributed by atoms with Gasteiger partial charge in [-0.15, -0.1) is 17.8 Å². The minimum Gasteiger partial charge on any atom is -0.343 e. The summed E-state index contributed by atoms with van der Waals surface area (Å²) < 4.78 is 2.75. The van der Waals surface area contributed by atoms with Crippen LogP contribution in [0.15, 0.2) is 29.6 Å². The second-order valence-electron chi connectivity index (χ2n) is 6.34. The van der Waals surface area contributed by atoms with E-state index in [1.807, 2.05) is 29.6 Å². The van der Waals surface area contributed by atoms with E-state index in [2.05, 4.69) is 16.6 Å². The number of amides is 2. The molecule has 2 amide bonds. The van der Waals surface area contributed by atoms with Gasteiger partial charge in [-0.05, 0) is 54.4 Å². The molecule has 3 aromatic rings. The highest BCUT2D eigenvalue weighted by molar-refractivity contribution is 7.17. The molecule has 0 radical (unpaired) electrons. The van der Waals surface area contributed by atoms with Gasteiger partial charge in [0, 0.05) is 23.1 Å². The molecule has 0 saturated carbocycles. The van der Waals surface area contributed by atoms with Gasteiger partial charge in [-0.25, -0.2) is 0 Å². The molecule has 2 heterocycles. The van der Waals surface area contributed by atoms with E-state index >= 15 is 0 Å². The van der Waals surface area contributed by atoms with Crippen molar-refractivity contribution in [3.8, 4) is 12.3 Å². The molecule has 0 aliphatic carbocycles. The Hall–Kier alpha value is -3.37. The molecule has 0 unspecified atom stereocenters. The summed E-state index contributed by atoms with van der Waals surface area (Å²) in [6, 6.07) is 7.66. The summed E-state index contributed by atoms with van der Waals surface area (Å²) in [6.07, 6.45) is 5.11. The number of anilines is 1. The Morgan fingerprint density at radius 3 is 2.68 bits per heavy atom. The number of nitrogens with one attached hydrogen (secondary N) is 2. The first kappa shape index (κ1) is 19.4. The summed E-state index contributed by atoms with van der Waals surface area (Å²) in [5.74, 6) is 0.412. The number of hydrogen-bond donors (Lipinski definition) is 2. The average molecular weight is 393 g/mol. The van der Waals surface area contributed by atoms with Crippen LogP contribution in [0, 0.1) is 26.2 Å². The van der Waals surface area contributed by atoms with Gasteiger partial charge in [-0.3, -0.25) is 14.4 Å². The SMILES string of the molecule is C#CCNC(=O)C(=O)c1c(C)c(C(=O)Nc2ccc3sccc3c2)n(C)c1C. The lowest BCUT2D eigenvalue weighted by Gasteiger charge is -2.08. The molecule has 0 bridgehead atoms. The zero-order valence-electron chi connectivity index (χ0n) is 15.8. The van der Waals surface area contributed by atoms with Gasteiger partial charge in [0.25, 0.3) is 17.6 Å². The van der Waals surface area contributed by atoms with Crippen molar-refractivity contribution in [2.45, 2.75) is 13.8 Å². The molecule has 1 aromatic carbocycles. The van der Waals surface area contributed by atoms with Gasteiger partial charge in [0.15, 0.2) is 0 Å². The number of terminal acetylenes is 1. The number of Topliss-reactive ketones (excluding diaryl/α,β-unsaturated/α-hetero) is 1. The third kappa shape index (κ3) is 3.42. The lowest BCUT2D eigenvalue weighted by atomic mass is 10.0. The van der Waals surface area contributed by atoms with Gasteiger partial charge in [0.1, 0.15) is 5.69 Å². The number of carbonyl (C=O) groups excluding carboxylic acids is 3. The Morgan fingerprint density at radius 1 is 1.21 bits per heavy atom. The highest BCUT2D eigenvalue weighted by Crippen LogP contribution is 2.26. The molecule has 142 valence electrons. The molecule has 0 atom stereocenters. The quantitative estimate of drug-likeness (QED) is 0.397. The first-order chi connectivity index (χ1) is 13.3. The summed E-state index contributed by atoms with van der Waals surface area (Å²) in [6.45, 7) is 3.32. The fraction of sp³-hybridized carbons (Fsp3) is 0.190. The molecule has 2 N–H and O–H groups in total. The monoisotopic (exact) mass is 393 g/mol. The lowest BCUT2D eigenvalue weighted by Crippen LogP contribution is -2.31. The van der Waals surface area contributed by atoms with Crippen molar-refractivity contribution < 1.29 is 14.4 Å². The Bertz CT molecular complexity index is 1150. The Kier molecular flexibility index (Phi) is 5.34. The molecule has 3 rings (SSSR count). The first-order valence-electron chi connectivity index (χ1n) is 8.55. The maximum absolute atomic E-state index is 12.9. The van der Waals surface area contributed by atoms with Crippen molar-refractivity contribution in [3.63, 3.8) is 0 Å². The number of carbonyl (C=O) groups is 3. The van der Waals surface area contributed by atoms with Crippen LogP contribution in [0.3, 0.4) is 0 Å². The van der Waals surface area contributed by atoms with E-state index in [1.165, 1.54) is 0 Å². The molecule has 6 nitrogen and oxygen atoms in total. The maximum atomic E-state index is 12.9. The van der Waals surface area contributed by atoms with E-state index in [9.17, 15) is 14.4 Å². The van der Waals surface area contributed by atoms with Gasteiger partial charge >= 0.3 is 0 Å². The Morgan fingerprint density at radius 2 is 1.96 bits per heavy atom. The summed E-state index contributed by atoms with van der Waals surface area (Å²) in [4.78, 5) is 37.4. The van der Waals surface area contributed by atoms with Crippen molar-refractivity contribution in [2.24, 2.45) is 7.05 Å². The number of nitrogens with zero attached hydrogens (tertiary/aromatic N) is 1. The van der Waals surface area contributed by atoms with Crippen LogP contribution >= 0.6 is 11.3 Å². The van der Waals surface area contributed by atoms with Crippen molar-refractivity contribution in [2.75, 3.05) is 11.9 Å². The van der Waals surface area contributed by atoms with Crippen LogP contribution in [0.4, 0.5) is 5.69 Å². The van der Waals surface area contributed by atoms with Crippen LogP contribution in [-0.2, 0) is 11.8 Å². The molecule has 0 fully saturated rings. The lowest BCUT2D eigenvalue weighted by molar-refractivity contribution is -0.116. The van der Waals surface area contributed by atoms with E-state index in [0.717, 1.165) is 10.1 Å². The molecule has 7 heteroatoms. The van der Waals surface area contributed by atoms with Crippen LogP contribution in [0.25, 0.3) is 10.1 Å². The van der Waals surface area contributed by atoms with Gasteiger partial charge in [0.05, 0.1) is 12.1 Å². The number of ketones is 1. The van der Waals surface area contributed by atoms with Crippen molar-refractivity contribution in [3.05, 3.63) is 52.2 Å². The minimum atomic E-state index is -0.787. The predicted octanol–water partition coefficient (Wildman–Crippen LogP) is 3.04. The zero-order chi connectivity index (χ0) is 20.4. The van der Waals surface area contributed by atoms with Crippen molar-refractivity contribution in [1.29, 1.82) is 0 Å². The Balaban J connectivity index is 1.91. The predicted molar refractivity (Wildman–Crippen MR) is 111 cm³/mol. The van der Waals surface area contributed by atoms with E-state index in [-0.39, 0.29) is 18.0 Å². The molecule has 0 aliphatic rings. The normalized spacial score (nSPS) is 10.5. The van der Waals surface area contributed by atoms with Gasteiger partial charge < -0.3 is 15.2 Å². The van der Waals surface area contributed by atoms with E-state index in [0.29, 0.717) is 22.6 Å². The number of aromatic nitrogens is 1. The Labute approximate surface area is 166 Å². The molecule has 28 heavy (non-hydrogen) atoms. The van der Waals surface area contributed by atoms with E-state index in [4.69, 9.17) is 6.42 Å². The summed E-state index contributed by atoms with van der Waals surface area (Å²) >= 11 is 1.63. The standard InChI is InChI=1S/C21H19N3O3S/c1-5-9-22-21(27)19(25)17-12(2)18(24(4)13(17)3)20(26)23-15-6-7-16-14(11-15)8-10-28-16/h1,6-8,10-11H,9H2,2-4H3,(H,22,27)(H,23,26). The zero-order valence-corrected chi connectivity index (χ0v) is 16.6. The molecule has 0 aliphatic heterocycles. The van der Waals surface area contributed by atoms with Crippen molar-refractivity contribution in [1.82, 2.24) is 9.88 Å². The highest BCUT2D eigenvalue weighted by atomic mass is 32.1. The highest BCUT2D eigenvalue weighted by Gasteiger charge is 2.28. The fourth-order valence-corrected chi connectivity index (χ4v) is 3.96. The van der Waals surface area contributed by atoms with E-state index < -0.39 is 11.7 Å². The third-order valence-corrected chi connectivity index (χ3v) is 5.54. The van der Waals surface area contributed by atoms with Crippen LogP contribution in [-0.4, -0.2) is 28.7 Å². The second kappa shape index (κ2) is 7.71. The number of hydrogen-bond acceptors (Lipinski definition) is 4. The van der Waals surface area contributed by atoms with Crippen LogP contribution in [0.5, 0.6) is 0 Å². The first-order valence-corrected chi connectivity index (χ1v) is 9.43. The van der Waals surface area contributed by atoms with Crippen molar-refractivity contribution >= 4 is 44.7 Å². The van der Waals surface area contributed by atoms with Gasteiger partial charge in [-0.2, -0.15) is 0 Å². The number of thiophene rings is 1.